The lowest BCUT2D eigenvalue weighted by Gasteiger charge is -2.32. The average molecular weight is 292 g/mol. The fourth-order valence-corrected chi connectivity index (χ4v) is 3.23. The van der Waals surface area contributed by atoms with Gasteiger partial charge in [-0.15, -0.1) is 11.3 Å². The molecule has 0 aliphatic carbocycles. The summed E-state index contributed by atoms with van der Waals surface area (Å²) in [4.78, 5) is 22.7. The predicted octanol–water partition coefficient (Wildman–Crippen LogP) is 1.26. The van der Waals surface area contributed by atoms with Crippen molar-refractivity contribution in [3.63, 3.8) is 0 Å². The van der Waals surface area contributed by atoms with Crippen LogP contribution < -0.4 is 0 Å². The Bertz CT molecular complexity index is 608. The van der Waals surface area contributed by atoms with E-state index >= 15 is 0 Å². The molecule has 2 aromatic heterocycles. The number of carbonyl (C=O) groups is 1. The van der Waals surface area contributed by atoms with Crippen LogP contribution >= 0.6 is 11.3 Å². The molecule has 7 heteroatoms. The molecule has 1 aliphatic heterocycles. The topological polar surface area (TPSA) is 60.2 Å². The third-order valence-corrected chi connectivity index (χ3v) is 4.12. The van der Waals surface area contributed by atoms with Gasteiger partial charge in [-0.1, -0.05) is 0 Å². The summed E-state index contributed by atoms with van der Waals surface area (Å²) in [6.07, 6.45) is 1.80. The average Bonchev–Trinajstić information content (AvgIpc) is 3.08. The van der Waals surface area contributed by atoms with E-state index in [1.54, 1.807) is 29.2 Å². The van der Waals surface area contributed by atoms with E-state index in [-0.39, 0.29) is 11.8 Å². The largest absolute Gasteiger partial charge is 0.384 e. The lowest BCUT2D eigenvalue weighted by molar-refractivity contribution is 0.0668. The van der Waals surface area contributed by atoms with Gasteiger partial charge in [0.05, 0.1) is 30.7 Å². The quantitative estimate of drug-likeness (QED) is 0.854. The SMILES string of the molecule is COC[C@@H]1CN(C(=O)c2cscn2)Cc2ncn(C)c21. The number of fused-ring (bicyclic) bond motifs is 1. The van der Waals surface area contributed by atoms with Gasteiger partial charge in [0, 0.05) is 37.7 Å². The van der Waals surface area contributed by atoms with Crippen molar-refractivity contribution in [1.82, 2.24) is 19.4 Å². The van der Waals surface area contributed by atoms with Crippen LogP contribution in [-0.2, 0) is 18.3 Å². The number of amides is 1. The van der Waals surface area contributed by atoms with E-state index in [0.29, 0.717) is 25.4 Å². The summed E-state index contributed by atoms with van der Waals surface area (Å²) in [5.41, 5.74) is 4.29. The molecule has 0 N–H and O–H groups in total. The van der Waals surface area contributed by atoms with Crippen molar-refractivity contribution < 1.29 is 9.53 Å². The van der Waals surface area contributed by atoms with E-state index in [1.807, 2.05) is 11.6 Å². The van der Waals surface area contributed by atoms with Gasteiger partial charge in [0.2, 0.25) is 0 Å². The Morgan fingerprint density at radius 1 is 1.55 bits per heavy atom. The van der Waals surface area contributed by atoms with E-state index < -0.39 is 0 Å². The van der Waals surface area contributed by atoms with Crippen molar-refractivity contribution in [3.8, 4) is 0 Å². The highest BCUT2D eigenvalue weighted by atomic mass is 32.1. The van der Waals surface area contributed by atoms with E-state index in [2.05, 4.69) is 9.97 Å². The molecular weight excluding hydrogens is 276 g/mol. The summed E-state index contributed by atoms with van der Waals surface area (Å²) < 4.78 is 7.31. The molecule has 3 rings (SSSR count). The third-order valence-electron chi connectivity index (χ3n) is 3.54. The minimum atomic E-state index is -0.0383. The molecule has 0 fully saturated rings. The monoisotopic (exact) mass is 292 g/mol. The number of carbonyl (C=O) groups excluding carboxylic acids is 1. The number of hydrogen-bond donors (Lipinski definition) is 0. The second-order valence-corrected chi connectivity index (χ2v) is 5.62. The smallest absolute Gasteiger partial charge is 0.273 e. The van der Waals surface area contributed by atoms with Crippen molar-refractivity contribution >= 4 is 17.2 Å². The summed E-state index contributed by atoms with van der Waals surface area (Å²) >= 11 is 1.43. The molecule has 0 aromatic carbocycles. The van der Waals surface area contributed by atoms with Crippen LogP contribution in [0.1, 0.15) is 27.8 Å². The van der Waals surface area contributed by atoms with E-state index in [1.165, 1.54) is 11.3 Å². The minimum Gasteiger partial charge on any atom is -0.384 e. The molecule has 1 amide bonds. The fourth-order valence-electron chi connectivity index (χ4n) is 2.70. The first kappa shape index (κ1) is 13.3. The van der Waals surface area contributed by atoms with Gasteiger partial charge in [0.1, 0.15) is 5.69 Å². The summed E-state index contributed by atoms with van der Waals surface area (Å²) in [6, 6.07) is 0. The van der Waals surface area contributed by atoms with Gasteiger partial charge in [-0.25, -0.2) is 9.97 Å². The zero-order valence-corrected chi connectivity index (χ0v) is 12.3. The lowest BCUT2D eigenvalue weighted by atomic mass is 9.99. The normalized spacial score (nSPS) is 18.1. The molecule has 0 saturated carbocycles. The third kappa shape index (κ3) is 2.23. The number of aromatic nitrogens is 3. The summed E-state index contributed by atoms with van der Waals surface area (Å²) in [5, 5.41) is 1.78. The van der Waals surface area contributed by atoms with Crippen molar-refractivity contribution in [2.24, 2.45) is 7.05 Å². The Balaban J connectivity index is 1.88. The van der Waals surface area contributed by atoms with Crippen LogP contribution in [-0.4, -0.2) is 45.6 Å². The highest BCUT2D eigenvalue weighted by Crippen LogP contribution is 2.28. The van der Waals surface area contributed by atoms with Gasteiger partial charge in [0.25, 0.3) is 5.91 Å². The minimum absolute atomic E-state index is 0.0383. The summed E-state index contributed by atoms with van der Waals surface area (Å²) in [5.74, 6) is 0.113. The zero-order valence-electron chi connectivity index (χ0n) is 11.4. The highest BCUT2D eigenvalue weighted by Gasteiger charge is 2.32. The van der Waals surface area contributed by atoms with Gasteiger partial charge < -0.3 is 14.2 Å². The maximum atomic E-state index is 12.4. The first-order chi connectivity index (χ1) is 9.70. The molecule has 0 unspecified atom stereocenters. The highest BCUT2D eigenvalue weighted by molar-refractivity contribution is 7.07. The maximum Gasteiger partial charge on any atom is 0.273 e. The van der Waals surface area contributed by atoms with Gasteiger partial charge >= 0.3 is 0 Å². The predicted molar refractivity (Wildman–Crippen MR) is 74.7 cm³/mol. The first-order valence-electron chi connectivity index (χ1n) is 6.37. The second kappa shape index (κ2) is 5.34. The van der Waals surface area contributed by atoms with Crippen LogP contribution in [0.15, 0.2) is 17.2 Å². The van der Waals surface area contributed by atoms with Crippen LogP contribution in [0, 0.1) is 0 Å². The standard InChI is InChI=1S/C13H16N4O2S/c1-16-7-14-10-4-17(3-9(5-19-2)12(10)16)13(18)11-6-20-8-15-11/h6-9H,3-5H2,1-2H3/t9-/m0/s1. The Morgan fingerprint density at radius 2 is 2.40 bits per heavy atom. The van der Waals surface area contributed by atoms with E-state index in [0.717, 1.165) is 11.4 Å². The van der Waals surface area contributed by atoms with Crippen LogP contribution in [0.5, 0.6) is 0 Å². The summed E-state index contributed by atoms with van der Waals surface area (Å²) in [6.45, 7) is 1.75. The van der Waals surface area contributed by atoms with Gasteiger partial charge in [-0.3, -0.25) is 4.79 Å². The molecule has 3 heterocycles. The second-order valence-electron chi connectivity index (χ2n) is 4.90. The number of rotatable bonds is 3. The number of thiazole rings is 1. The molecule has 1 atom stereocenters. The van der Waals surface area contributed by atoms with Crippen LogP contribution in [0.25, 0.3) is 0 Å². The Morgan fingerprint density at radius 3 is 3.10 bits per heavy atom. The molecular formula is C13H16N4O2S. The van der Waals surface area contributed by atoms with Crippen LogP contribution in [0.4, 0.5) is 0 Å². The van der Waals surface area contributed by atoms with Crippen molar-refractivity contribution in [3.05, 3.63) is 34.3 Å². The number of aryl methyl sites for hydroxylation is 1. The number of ether oxygens (including phenoxy) is 1. The van der Waals surface area contributed by atoms with Crippen molar-refractivity contribution in [2.45, 2.75) is 12.5 Å². The summed E-state index contributed by atoms with van der Waals surface area (Å²) in [7, 11) is 3.66. The van der Waals surface area contributed by atoms with Gasteiger partial charge in [-0.2, -0.15) is 0 Å². The molecule has 6 nitrogen and oxygen atoms in total. The Hall–Kier alpha value is -1.73. The van der Waals surface area contributed by atoms with Crippen LogP contribution in [0.3, 0.4) is 0 Å². The Kier molecular flexibility index (Phi) is 3.54. The first-order valence-corrected chi connectivity index (χ1v) is 7.31. The molecule has 0 spiro atoms. The molecule has 106 valence electrons. The number of hydrogen-bond acceptors (Lipinski definition) is 5. The molecule has 2 aromatic rings. The Labute approximate surface area is 121 Å². The van der Waals surface area contributed by atoms with Gasteiger partial charge in [-0.05, 0) is 0 Å². The van der Waals surface area contributed by atoms with Crippen molar-refractivity contribution in [1.29, 1.82) is 0 Å². The molecule has 0 radical (unpaired) electrons. The van der Waals surface area contributed by atoms with E-state index in [4.69, 9.17) is 4.74 Å². The van der Waals surface area contributed by atoms with Crippen molar-refractivity contribution in [2.75, 3.05) is 20.3 Å². The molecule has 1 aliphatic rings. The van der Waals surface area contributed by atoms with Crippen LogP contribution in [0.2, 0.25) is 0 Å². The number of methoxy groups -OCH3 is 1. The molecule has 0 saturated heterocycles. The molecule has 20 heavy (non-hydrogen) atoms. The molecule has 0 bridgehead atoms. The number of nitrogens with zero attached hydrogens (tertiary/aromatic N) is 4. The fraction of sp³-hybridized carbons (Fsp3) is 0.462. The maximum absolute atomic E-state index is 12.4. The zero-order chi connectivity index (χ0) is 14.1. The van der Waals surface area contributed by atoms with E-state index in [9.17, 15) is 4.79 Å². The number of imidazole rings is 1. The van der Waals surface area contributed by atoms with Gasteiger partial charge in [0.15, 0.2) is 0 Å². The lowest BCUT2D eigenvalue weighted by Crippen LogP contribution is -2.40.